The molecule has 0 aliphatic heterocycles. The highest BCUT2D eigenvalue weighted by Gasteiger charge is 2.02. The van der Waals surface area contributed by atoms with Crippen LogP contribution in [0.15, 0.2) is 0 Å². The molecule has 3 heteroatoms. The third-order valence-electron chi connectivity index (χ3n) is 1.60. The molecule has 13 heavy (non-hydrogen) atoms. The zero-order valence-corrected chi connectivity index (χ0v) is 9.08. The van der Waals surface area contributed by atoms with Crippen molar-refractivity contribution in [2.24, 2.45) is 5.73 Å². The van der Waals surface area contributed by atoms with E-state index in [1.807, 2.05) is 6.92 Å². The lowest BCUT2D eigenvalue weighted by atomic mass is 10.2. The first kappa shape index (κ1) is 14.9. The minimum Gasteiger partial charge on any atom is -0.465 e. The lowest BCUT2D eigenvalue weighted by Crippen LogP contribution is -2.09. The van der Waals surface area contributed by atoms with E-state index in [-0.39, 0.29) is 6.10 Å². The summed E-state index contributed by atoms with van der Waals surface area (Å²) in [7, 11) is 0. The summed E-state index contributed by atoms with van der Waals surface area (Å²) in [4.78, 5) is 9.83. The van der Waals surface area contributed by atoms with E-state index in [0.717, 1.165) is 32.2 Å². The summed E-state index contributed by atoms with van der Waals surface area (Å²) in [6.07, 6.45) is 4.22. The molecular weight excluding hydrogens is 166 g/mol. The molecule has 0 aromatic heterocycles. The van der Waals surface area contributed by atoms with Crippen LogP contribution in [0.2, 0.25) is 0 Å². The molecule has 80 valence electrons. The van der Waals surface area contributed by atoms with Crippen LogP contribution in [-0.4, -0.2) is 19.1 Å². The molecule has 1 unspecified atom stereocenters. The molecule has 0 fully saturated rings. The van der Waals surface area contributed by atoms with Crippen molar-refractivity contribution < 1.29 is 9.53 Å². The van der Waals surface area contributed by atoms with Crippen LogP contribution in [0, 0.1) is 0 Å². The highest BCUT2D eigenvalue weighted by Crippen LogP contribution is 2.03. The van der Waals surface area contributed by atoms with Gasteiger partial charge in [-0.25, -0.2) is 0 Å². The number of nitrogens with two attached hydrogens (primary N) is 1. The van der Waals surface area contributed by atoms with E-state index in [4.69, 9.17) is 10.5 Å². The molecule has 0 rings (SSSR count). The molecule has 0 aliphatic rings. The number of ether oxygens (including phenoxy) is 1. The minimum atomic E-state index is 0.146. The van der Waals surface area contributed by atoms with Crippen molar-refractivity contribution in [3.8, 4) is 0 Å². The molecule has 1 atom stereocenters. The fourth-order valence-corrected chi connectivity index (χ4v) is 0.769. The standard InChI is InChI=1S/C7H14O2.C3H9N/c1-3-5-7(4-2)9-6-8;1-2-3-4/h6-7H,3-5H2,1-2H3;2-4H2,1H3. The van der Waals surface area contributed by atoms with E-state index in [1.54, 1.807) is 0 Å². The molecule has 0 amide bonds. The van der Waals surface area contributed by atoms with E-state index < -0.39 is 0 Å². The number of hydrogen-bond donors (Lipinski definition) is 1. The van der Waals surface area contributed by atoms with Gasteiger partial charge in [0.2, 0.25) is 0 Å². The van der Waals surface area contributed by atoms with Crippen LogP contribution in [0.25, 0.3) is 0 Å². The maximum atomic E-state index is 9.83. The number of carbonyl (C=O) groups excluding carboxylic acids is 1. The van der Waals surface area contributed by atoms with Gasteiger partial charge in [0.05, 0.1) is 0 Å². The van der Waals surface area contributed by atoms with Crippen LogP contribution >= 0.6 is 0 Å². The van der Waals surface area contributed by atoms with Crippen LogP contribution in [0.3, 0.4) is 0 Å². The Kier molecular flexibility index (Phi) is 16.1. The van der Waals surface area contributed by atoms with Crippen molar-refractivity contribution in [3.05, 3.63) is 0 Å². The Morgan fingerprint density at radius 2 is 1.85 bits per heavy atom. The van der Waals surface area contributed by atoms with Crippen molar-refractivity contribution in [2.45, 2.75) is 52.6 Å². The molecule has 0 saturated carbocycles. The van der Waals surface area contributed by atoms with Crippen molar-refractivity contribution in [3.63, 3.8) is 0 Å². The smallest absolute Gasteiger partial charge is 0.293 e. The van der Waals surface area contributed by atoms with Gasteiger partial charge in [0, 0.05) is 0 Å². The van der Waals surface area contributed by atoms with Gasteiger partial charge in [-0.15, -0.1) is 0 Å². The van der Waals surface area contributed by atoms with Gasteiger partial charge in [-0.2, -0.15) is 0 Å². The molecule has 0 aromatic rings. The molecule has 0 saturated heterocycles. The Bertz CT molecular complexity index is 94.9. The second kappa shape index (κ2) is 14.0. The number of carbonyl (C=O) groups is 1. The monoisotopic (exact) mass is 189 g/mol. The first-order valence-corrected chi connectivity index (χ1v) is 5.05. The molecule has 0 bridgehead atoms. The maximum Gasteiger partial charge on any atom is 0.293 e. The van der Waals surface area contributed by atoms with Gasteiger partial charge in [-0.1, -0.05) is 27.2 Å². The van der Waals surface area contributed by atoms with E-state index in [9.17, 15) is 4.79 Å². The van der Waals surface area contributed by atoms with Crippen LogP contribution in [0.1, 0.15) is 46.5 Å². The number of rotatable bonds is 6. The highest BCUT2D eigenvalue weighted by molar-refractivity contribution is 5.37. The second-order valence-corrected chi connectivity index (χ2v) is 2.84. The normalized spacial score (nSPS) is 11.1. The topological polar surface area (TPSA) is 52.3 Å². The Morgan fingerprint density at radius 3 is 2.08 bits per heavy atom. The predicted octanol–water partition coefficient (Wildman–Crippen LogP) is 2.09. The summed E-state index contributed by atoms with van der Waals surface area (Å²) < 4.78 is 4.75. The largest absolute Gasteiger partial charge is 0.465 e. The summed E-state index contributed by atoms with van der Waals surface area (Å²) in [6.45, 7) is 7.50. The van der Waals surface area contributed by atoms with E-state index in [1.165, 1.54) is 0 Å². The maximum absolute atomic E-state index is 9.83. The Hall–Kier alpha value is -0.570. The average molecular weight is 189 g/mol. The van der Waals surface area contributed by atoms with Crippen molar-refractivity contribution >= 4 is 6.47 Å². The lowest BCUT2D eigenvalue weighted by molar-refractivity contribution is -0.133. The first-order chi connectivity index (χ1) is 6.26. The van der Waals surface area contributed by atoms with Crippen LogP contribution < -0.4 is 5.73 Å². The molecular formula is C10H23NO2. The Balaban J connectivity index is 0. The van der Waals surface area contributed by atoms with Crippen molar-refractivity contribution in [1.82, 2.24) is 0 Å². The van der Waals surface area contributed by atoms with Crippen molar-refractivity contribution in [1.29, 1.82) is 0 Å². The average Bonchev–Trinajstić information content (AvgIpc) is 2.18. The Labute approximate surface area is 81.6 Å². The molecule has 0 radical (unpaired) electrons. The molecule has 0 spiro atoms. The van der Waals surface area contributed by atoms with Gasteiger partial charge in [0.1, 0.15) is 6.10 Å². The van der Waals surface area contributed by atoms with Crippen molar-refractivity contribution in [2.75, 3.05) is 6.54 Å². The van der Waals surface area contributed by atoms with Crippen LogP contribution in [0.5, 0.6) is 0 Å². The third-order valence-corrected chi connectivity index (χ3v) is 1.60. The predicted molar refractivity (Wildman–Crippen MR) is 55.5 cm³/mol. The molecule has 2 N–H and O–H groups in total. The molecule has 0 heterocycles. The van der Waals surface area contributed by atoms with Gasteiger partial charge in [0.25, 0.3) is 6.47 Å². The summed E-state index contributed by atoms with van der Waals surface area (Å²) >= 11 is 0. The van der Waals surface area contributed by atoms with Gasteiger partial charge in [-0.05, 0) is 25.8 Å². The van der Waals surface area contributed by atoms with Crippen LogP contribution in [-0.2, 0) is 9.53 Å². The summed E-state index contributed by atoms with van der Waals surface area (Å²) in [6, 6.07) is 0. The lowest BCUT2D eigenvalue weighted by Gasteiger charge is -2.09. The van der Waals surface area contributed by atoms with E-state index in [0.29, 0.717) is 6.47 Å². The Morgan fingerprint density at radius 1 is 1.31 bits per heavy atom. The van der Waals surface area contributed by atoms with Gasteiger partial charge >= 0.3 is 0 Å². The second-order valence-electron chi connectivity index (χ2n) is 2.84. The fourth-order valence-electron chi connectivity index (χ4n) is 0.769. The van der Waals surface area contributed by atoms with E-state index in [2.05, 4.69) is 13.8 Å². The minimum absolute atomic E-state index is 0.146. The first-order valence-electron chi connectivity index (χ1n) is 5.05. The van der Waals surface area contributed by atoms with Crippen LogP contribution in [0.4, 0.5) is 0 Å². The quantitative estimate of drug-likeness (QED) is 0.651. The highest BCUT2D eigenvalue weighted by atomic mass is 16.5. The van der Waals surface area contributed by atoms with Gasteiger partial charge < -0.3 is 10.5 Å². The zero-order chi connectivity index (χ0) is 10.5. The molecule has 3 nitrogen and oxygen atoms in total. The fraction of sp³-hybridized carbons (Fsp3) is 0.900. The van der Waals surface area contributed by atoms with E-state index >= 15 is 0 Å². The summed E-state index contributed by atoms with van der Waals surface area (Å²) in [5.41, 5.74) is 5.03. The summed E-state index contributed by atoms with van der Waals surface area (Å²) in [5, 5.41) is 0. The SMILES string of the molecule is CCCC(CC)OC=O.CCCN. The van der Waals surface area contributed by atoms with Gasteiger partial charge in [0.15, 0.2) is 0 Å². The number of hydrogen-bond acceptors (Lipinski definition) is 3. The molecule has 0 aromatic carbocycles. The third kappa shape index (κ3) is 14.3. The zero-order valence-electron chi connectivity index (χ0n) is 9.08. The van der Waals surface area contributed by atoms with Gasteiger partial charge in [-0.3, -0.25) is 4.79 Å². The summed E-state index contributed by atoms with van der Waals surface area (Å²) in [5.74, 6) is 0. The molecule has 0 aliphatic carbocycles.